The van der Waals surface area contributed by atoms with Crippen LogP contribution in [0.1, 0.15) is 42.5 Å². The van der Waals surface area contributed by atoms with Crippen LogP contribution in [0, 0.1) is 0 Å². The van der Waals surface area contributed by atoms with Gasteiger partial charge in [0.15, 0.2) is 0 Å². The van der Waals surface area contributed by atoms with Gasteiger partial charge in [-0.05, 0) is 37.5 Å². The van der Waals surface area contributed by atoms with Crippen LogP contribution in [0.5, 0.6) is 0 Å². The second-order valence-corrected chi connectivity index (χ2v) is 7.00. The van der Waals surface area contributed by atoms with E-state index in [-0.39, 0.29) is 18.0 Å². The summed E-state index contributed by atoms with van der Waals surface area (Å²) in [7, 11) is 1.63. The fourth-order valence-electron chi connectivity index (χ4n) is 3.37. The molecule has 3 N–H and O–H groups in total. The van der Waals surface area contributed by atoms with E-state index in [9.17, 15) is 9.59 Å². The van der Waals surface area contributed by atoms with Crippen LogP contribution in [0.4, 0.5) is 4.79 Å². The molecule has 0 atom stereocenters. The number of fused-ring (bicyclic) bond motifs is 1. The van der Waals surface area contributed by atoms with Crippen LogP contribution in [-0.4, -0.2) is 59.8 Å². The summed E-state index contributed by atoms with van der Waals surface area (Å²) in [6, 6.07) is 5.47. The van der Waals surface area contributed by atoms with Gasteiger partial charge in [0.1, 0.15) is 5.52 Å². The van der Waals surface area contributed by atoms with Gasteiger partial charge in [0.2, 0.25) is 0 Å². The first-order valence-corrected chi connectivity index (χ1v) is 9.82. The zero-order valence-corrected chi connectivity index (χ0v) is 16.2. The first-order chi connectivity index (χ1) is 13.7. The van der Waals surface area contributed by atoms with Crippen molar-refractivity contribution >= 4 is 23.0 Å². The van der Waals surface area contributed by atoms with E-state index in [0.717, 1.165) is 24.8 Å². The lowest BCUT2D eigenvalue weighted by atomic mass is 10.1. The molecule has 0 bridgehead atoms. The number of aromatic nitrogens is 3. The summed E-state index contributed by atoms with van der Waals surface area (Å²) in [6.45, 7) is 2.11. The molecular formula is C19H28N6O3. The zero-order valence-electron chi connectivity index (χ0n) is 16.2. The number of amides is 3. The molecule has 1 aliphatic carbocycles. The van der Waals surface area contributed by atoms with E-state index in [1.165, 1.54) is 12.8 Å². The molecule has 1 aromatic carbocycles. The molecule has 0 unspecified atom stereocenters. The Bertz CT molecular complexity index is 800. The highest BCUT2D eigenvalue weighted by atomic mass is 16.5. The number of nitrogens with zero attached hydrogens (tertiary/aromatic N) is 3. The summed E-state index contributed by atoms with van der Waals surface area (Å²) in [5.41, 5.74) is 2.10. The molecule has 1 heterocycles. The summed E-state index contributed by atoms with van der Waals surface area (Å²) in [4.78, 5) is 24.1. The quantitative estimate of drug-likeness (QED) is 0.563. The van der Waals surface area contributed by atoms with Gasteiger partial charge in [-0.15, -0.1) is 5.10 Å². The van der Waals surface area contributed by atoms with Gasteiger partial charge in [-0.25, -0.2) is 9.48 Å². The molecule has 0 spiro atoms. The van der Waals surface area contributed by atoms with Gasteiger partial charge in [-0.2, -0.15) is 0 Å². The molecule has 9 heteroatoms. The normalized spacial score (nSPS) is 14.3. The molecule has 3 rings (SSSR count). The highest BCUT2D eigenvalue weighted by molar-refractivity contribution is 5.97. The average Bonchev–Trinajstić information content (AvgIpc) is 3.35. The second kappa shape index (κ2) is 10.0. The van der Waals surface area contributed by atoms with Gasteiger partial charge in [-0.3, -0.25) is 4.79 Å². The van der Waals surface area contributed by atoms with Gasteiger partial charge < -0.3 is 20.7 Å². The molecule has 28 heavy (non-hydrogen) atoms. The maximum Gasteiger partial charge on any atom is 0.314 e. The lowest BCUT2D eigenvalue weighted by molar-refractivity contribution is 0.0938. The Kier molecular flexibility index (Phi) is 7.18. The van der Waals surface area contributed by atoms with Crippen molar-refractivity contribution in [2.45, 2.75) is 44.7 Å². The van der Waals surface area contributed by atoms with Crippen LogP contribution in [0.25, 0.3) is 11.0 Å². The lowest BCUT2D eigenvalue weighted by Crippen LogP contribution is -2.38. The largest absolute Gasteiger partial charge is 0.385 e. The minimum atomic E-state index is -0.216. The number of methoxy groups -OCH3 is 1. The Labute approximate surface area is 164 Å². The summed E-state index contributed by atoms with van der Waals surface area (Å²) < 4.78 is 6.66. The number of benzene rings is 1. The molecule has 1 aromatic heterocycles. The third kappa shape index (κ3) is 5.41. The number of rotatable bonds is 9. The minimum absolute atomic E-state index is 0.0600. The Balaban J connectivity index is 1.49. The minimum Gasteiger partial charge on any atom is -0.385 e. The summed E-state index contributed by atoms with van der Waals surface area (Å²) >= 11 is 0. The van der Waals surface area contributed by atoms with Gasteiger partial charge in [0, 0.05) is 38.4 Å². The van der Waals surface area contributed by atoms with Gasteiger partial charge in [0.05, 0.1) is 12.1 Å². The van der Waals surface area contributed by atoms with Gasteiger partial charge >= 0.3 is 6.03 Å². The van der Waals surface area contributed by atoms with E-state index in [2.05, 4.69) is 26.3 Å². The Hall–Kier alpha value is -2.68. The van der Waals surface area contributed by atoms with Crippen molar-refractivity contribution in [3.63, 3.8) is 0 Å². The Morgan fingerprint density at radius 1 is 1.21 bits per heavy atom. The van der Waals surface area contributed by atoms with Crippen LogP contribution >= 0.6 is 0 Å². The SMILES string of the molecule is COCCCNC(=O)NCCn1nnc2cc(C(=O)NC3CCCC3)ccc21. The fraction of sp³-hybridized carbons (Fsp3) is 0.579. The van der Waals surface area contributed by atoms with Crippen molar-refractivity contribution in [1.82, 2.24) is 30.9 Å². The number of hydrogen-bond acceptors (Lipinski definition) is 5. The van der Waals surface area contributed by atoms with Crippen LogP contribution < -0.4 is 16.0 Å². The van der Waals surface area contributed by atoms with Crippen molar-refractivity contribution in [2.24, 2.45) is 0 Å². The fourth-order valence-corrected chi connectivity index (χ4v) is 3.37. The third-order valence-corrected chi connectivity index (χ3v) is 4.89. The van der Waals surface area contributed by atoms with Crippen LogP contribution in [-0.2, 0) is 11.3 Å². The number of urea groups is 1. The Morgan fingerprint density at radius 3 is 2.79 bits per heavy atom. The molecular weight excluding hydrogens is 360 g/mol. The molecule has 0 saturated heterocycles. The number of ether oxygens (including phenoxy) is 1. The summed E-state index contributed by atoms with van der Waals surface area (Å²) in [5, 5.41) is 16.9. The topological polar surface area (TPSA) is 110 Å². The molecule has 9 nitrogen and oxygen atoms in total. The maximum atomic E-state index is 12.4. The number of hydrogen-bond donors (Lipinski definition) is 3. The van der Waals surface area contributed by atoms with Crippen LogP contribution in [0.3, 0.4) is 0 Å². The second-order valence-electron chi connectivity index (χ2n) is 7.00. The zero-order chi connectivity index (χ0) is 19.8. The standard InChI is InChI=1S/C19H28N6O3/c1-28-12-4-9-20-19(27)21-10-11-25-17-8-7-14(13-16(17)23-24-25)18(26)22-15-5-2-3-6-15/h7-8,13,15H,2-6,9-12H2,1H3,(H,22,26)(H2,20,21,27). The van der Waals surface area contributed by atoms with Crippen molar-refractivity contribution in [2.75, 3.05) is 26.8 Å². The average molecular weight is 388 g/mol. The predicted molar refractivity (Wildman–Crippen MR) is 105 cm³/mol. The molecule has 152 valence electrons. The third-order valence-electron chi connectivity index (χ3n) is 4.89. The molecule has 1 saturated carbocycles. The van der Waals surface area contributed by atoms with Gasteiger partial charge in [-0.1, -0.05) is 18.1 Å². The van der Waals surface area contributed by atoms with Crippen molar-refractivity contribution in [3.8, 4) is 0 Å². The summed E-state index contributed by atoms with van der Waals surface area (Å²) in [6.07, 6.45) is 5.23. The number of nitrogens with one attached hydrogen (secondary N) is 3. The van der Waals surface area contributed by atoms with Gasteiger partial charge in [0.25, 0.3) is 5.91 Å². The van der Waals surface area contributed by atoms with Crippen molar-refractivity contribution in [1.29, 1.82) is 0 Å². The molecule has 3 amide bonds. The first-order valence-electron chi connectivity index (χ1n) is 9.82. The van der Waals surface area contributed by atoms with Crippen LogP contribution in [0.2, 0.25) is 0 Å². The molecule has 0 radical (unpaired) electrons. The van der Waals surface area contributed by atoms with Crippen molar-refractivity contribution < 1.29 is 14.3 Å². The molecule has 0 aliphatic heterocycles. The Morgan fingerprint density at radius 2 is 2.00 bits per heavy atom. The van der Waals surface area contributed by atoms with E-state index >= 15 is 0 Å². The number of carbonyl (C=O) groups is 2. The summed E-state index contributed by atoms with van der Waals surface area (Å²) in [5.74, 6) is -0.0600. The van der Waals surface area contributed by atoms with Crippen LogP contribution in [0.15, 0.2) is 18.2 Å². The molecule has 1 fully saturated rings. The highest BCUT2D eigenvalue weighted by Gasteiger charge is 2.18. The van der Waals surface area contributed by atoms with Crippen molar-refractivity contribution in [3.05, 3.63) is 23.8 Å². The smallest absolute Gasteiger partial charge is 0.314 e. The number of carbonyl (C=O) groups excluding carboxylic acids is 2. The van der Waals surface area contributed by atoms with E-state index in [0.29, 0.717) is 37.3 Å². The molecule has 1 aliphatic rings. The first kappa shape index (κ1) is 20.1. The predicted octanol–water partition coefficient (Wildman–Crippen LogP) is 1.44. The lowest BCUT2D eigenvalue weighted by Gasteiger charge is -2.11. The highest BCUT2D eigenvalue weighted by Crippen LogP contribution is 2.19. The van der Waals surface area contributed by atoms with E-state index < -0.39 is 0 Å². The van der Waals surface area contributed by atoms with E-state index in [1.807, 2.05) is 6.07 Å². The maximum absolute atomic E-state index is 12.4. The van der Waals surface area contributed by atoms with E-state index in [4.69, 9.17) is 4.74 Å². The van der Waals surface area contributed by atoms with E-state index in [1.54, 1.807) is 23.9 Å². The molecule has 2 aromatic rings. The monoisotopic (exact) mass is 388 g/mol.